The molecule has 0 saturated carbocycles. The molecular weight excluding hydrogens is 400 g/mol. The second-order valence-corrected chi connectivity index (χ2v) is 7.76. The average molecular weight is 418 g/mol. The summed E-state index contributed by atoms with van der Waals surface area (Å²) in [5.74, 6) is 1.25. The molecule has 0 unspecified atom stereocenters. The molecule has 0 saturated heterocycles. The summed E-state index contributed by atoms with van der Waals surface area (Å²) in [5, 5.41) is 3.86. The van der Waals surface area contributed by atoms with Crippen LogP contribution in [-0.4, -0.2) is 31.2 Å². The number of benzene rings is 3. The minimum atomic E-state index is -0.258. The molecule has 0 atom stereocenters. The van der Waals surface area contributed by atoms with Crippen molar-refractivity contribution in [1.82, 2.24) is 4.98 Å². The number of anilines is 1. The molecule has 2 heterocycles. The molecule has 5 rings (SSSR count). The van der Waals surface area contributed by atoms with Crippen molar-refractivity contribution < 1.29 is 19.0 Å². The van der Waals surface area contributed by atoms with E-state index in [-0.39, 0.29) is 5.91 Å². The molecule has 0 spiro atoms. The quantitative estimate of drug-likeness (QED) is 0.505. The van der Waals surface area contributed by atoms with Gasteiger partial charge in [0.15, 0.2) is 11.5 Å². The monoisotopic (exact) mass is 418 g/mol. The first kappa shape index (κ1) is 18.4. The van der Waals surface area contributed by atoms with Gasteiger partial charge in [0.25, 0.3) is 5.91 Å². The van der Waals surface area contributed by atoms with E-state index in [1.54, 1.807) is 23.5 Å². The van der Waals surface area contributed by atoms with Crippen molar-refractivity contribution >= 4 is 33.1 Å². The number of amides is 1. The Hall–Kier alpha value is -3.58. The maximum atomic E-state index is 12.9. The Balaban J connectivity index is 1.42. The molecule has 1 aliphatic rings. The van der Waals surface area contributed by atoms with Crippen LogP contribution in [0.4, 0.5) is 5.69 Å². The van der Waals surface area contributed by atoms with Crippen LogP contribution in [0.2, 0.25) is 0 Å². The van der Waals surface area contributed by atoms with E-state index in [2.05, 4.69) is 11.4 Å². The Morgan fingerprint density at radius 1 is 1.07 bits per heavy atom. The Kier molecular flexibility index (Phi) is 4.72. The van der Waals surface area contributed by atoms with E-state index < -0.39 is 0 Å². The fourth-order valence-electron chi connectivity index (χ4n) is 3.33. The van der Waals surface area contributed by atoms with E-state index in [0.29, 0.717) is 41.7 Å². The fraction of sp³-hybridized carbons (Fsp3) is 0.130. The van der Waals surface area contributed by atoms with Crippen LogP contribution in [0.15, 0.2) is 60.7 Å². The van der Waals surface area contributed by atoms with Crippen molar-refractivity contribution in [3.8, 4) is 27.8 Å². The van der Waals surface area contributed by atoms with Crippen LogP contribution in [-0.2, 0) is 0 Å². The molecule has 1 N–H and O–H groups in total. The Labute approximate surface area is 177 Å². The number of rotatable bonds is 4. The third-order valence-corrected chi connectivity index (χ3v) is 5.84. The first-order valence-electron chi connectivity index (χ1n) is 9.46. The number of para-hydroxylation sites is 1. The molecule has 30 heavy (non-hydrogen) atoms. The summed E-state index contributed by atoms with van der Waals surface area (Å²) >= 11 is 1.62. The second kappa shape index (κ2) is 7.68. The van der Waals surface area contributed by atoms with E-state index >= 15 is 0 Å². The van der Waals surface area contributed by atoms with Gasteiger partial charge in [-0.25, -0.2) is 4.98 Å². The molecule has 0 fully saturated rings. The van der Waals surface area contributed by atoms with Crippen LogP contribution >= 0.6 is 11.3 Å². The number of fused-ring (bicyclic) bond motifs is 2. The topological polar surface area (TPSA) is 69.7 Å². The maximum absolute atomic E-state index is 12.9. The summed E-state index contributed by atoms with van der Waals surface area (Å²) < 4.78 is 17.7. The van der Waals surface area contributed by atoms with Gasteiger partial charge in [-0.3, -0.25) is 4.79 Å². The molecule has 4 aromatic rings. The minimum absolute atomic E-state index is 0.258. The molecule has 6 nitrogen and oxygen atoms in total. The van der Waals surface area contributed by atoms with Crippen molar-refractivity contribution in [2.45, 2.75) is 0 Å². The van der Waals surface area contributed by atoms with Gasteiger partial charge in [0.05, 0.1) is 17.3 Å². The van der Waals surface area contributed by atoms with Crippen molar-refractivity contribution in [2.24, 2.45) is 0 Å². The summed E-state index contributed by atoms with van der Waals surface area (Å²) in [4.78, 5) is 17.6. The van der Waals surface area contributed by atoms with Gasteiger partial charge in [-0.2, -0.15) is 0 Å². The lowest BCUT2D eigenvalue weighted by atomic mass is 10.1. The van der Waals surface area contributed by atoms with Crippen molar-refractivity contribution in [1.29, 1.82) is 0 Å². The van der Waals surface area contributed by atoms with Gasteiger partial charge in [0.1, 0.15) is 18.2 Å². The third kappa shape index (κ3) is 3.44. The highest BCUT2D eigenvalue weighted by Crippen LogP contribution is 2.40. The number of nitrogens with one attached hydrogen (secondary N) is 1. The van der Waals surface area contributed by atoms with Gasteiger partial charge in [0, 0.05) is 16.8 Å². The molecule has 0 bridgehead atoms. The van der Waals surface area contributed by atoms with Gasteiger partial charge in [0.2, 0.25) is 5.75 Å². The predicted molar refractivity (Wildman–Crippen MR) is 117 cm³/mol. The van der Waals surface area contributed by atoms with Crippen molar-refractivity contribution in [3.63, 3.8) is 0 Å². The lowest BCUT2D eigenvalue weighted by molar-refractivity contribution is 0.102. The first-order chi connectivity index (χ1) is 14.7. The van der Waals surface area contributed by atoms with Crippen LogP contribution < -0.4 is 19.5 Å². The zero-order valence-electron chi connectivity index (χ0n) is 16.2. The number of nitrogens with zero attached hydrogens (tertiary/aromatic N) is 1. The summed E-state index contributed by atoms with van der Waals surface area (Å²) in [6.07, 6.45) is 0. The zero-order chi connectivity index (χ0) is 20.5. The number of carbonyl (C=O) groups is 1. The molecule has 1 aromatic heterocycles. The number of carbonyl (C=O) groups excluding carboxylic acids is 1. The summed E-state index contributed by atoms with van der Waals surface area (Å²) in [5.41, 5.74) is 3.04. The third-order valence-electron chi connectivity index (χ3n) is 4.75. The number of aromatic nitrogens is 1. The normalized spacial score (nSPS) is 12.6. The van der Waals surface area contributed by atoms with E-state index in [1.807, 2.05) is 42.5 Å². The standard InChI is InChI=1S/C23H18N2O4S/c1-27-18-12-15(13-19-21(18)29-10-9-28-19)22(26)24-16-6-4-5-14(11-16)23-25-17-7-2-3-8-20(17)30-23/h2-8,11-13H,9-10H2,1H3,(H,24,26). The molecule has 3 aromatic carbocycles. The largest absolute Gasteiger partial charge is 0.493 e. The minimum Gasteiger partial charge on any atom is -0.493 e. The summed E-state index contributed by atoms with van der Waals surface area (Å²) in [6.45, 7) is 0.888. The van der Waals surface area contributed by atoms with Crippen LogP contribution in [0.5, 0.6) is 17.2 Å². The molecule has 1 amide bonds. The van der Waals surface area contributed by atoms with E-state index in [0.717, 1.165) is 20.8 Å². The predicted octanol–water partition coefficient (Wildman–Crippen LogP) is 5.00. The molecule has 0 radical (unpaired) electrons. The second-order valence-electron chi connectivity index (χ2n) is 6.72. The molecule has 7 heteroatoms. The molecule has 1 aliphatic heterocycles. The van der Waals surface area contributed by atoms with E-state index in [1.165, 1.54) is 7.11 Å². The fourth-order valence-corrected chi connectivity index (χ4v) is 4.30. The van der Waals surface area contributed by atoms with Gasteiger partial charge >= 0.3 is 0 Å². The first-order valence-corrected chi connectivity index (χ1v) is 10.3. The van der Waals surface area contributed by atoms with E-state index in [9.17, 15) is 4.79 Å². The van der Waals surface area contributed by atoms with Gasteiger partial charge in [-0.15, -0.1) is 11.3 Å². The van der Waals surface area contributed by atoms with E-state index in [4.69, 9.17) is 19.2 Å². The van der Waals surface area contributed by atoms with Crippen LogP contribution in [0, 0.1) is 0 Å². The number of hydrogen-bond acceptors (Lipinski definition) is 6. The zero-order valence-corrected chi connectivity index (χ0v) is 17.0. The van der Waals surface area contributed by atoms with Crippen LogP contribution in [0.3, 0.4) is 0 Å². The highest BCUT2D eigenvalue weighted by atomic mass is 32.1. The smallest absolute Gasteiger partial charge is 0.255 e. The van der Waals surface area contributed by atoms with Crippen LogP contribution in [0.25, 0.3) is 20.8 Å². The van der Waals surface area contributed by atoms with Gasteiger partial charge in [-0.1, -0.05) is 24.3 Å². The molecular formula is C23H18N2O4S. The SMILES string of the molecule is COc1cc(C(=O)Nc2cccc(-c3nc4ccccc4s3)c2)cc2c1OCCO2. The summed E-state index contributed by atoms with van der Waals surface area (Å²) in [6, 6.07) is 19.0. The molecule has 0 aliphatic carbocycles. The maximum Gasteiger partial charge on any atom is 0.255 e. The lowest BCUT2D eigenvalue weighted by Crippen LogP contribution is -2.18. The Bertz CT molecular complexity index is 1200. The molecule has 150 valence electrons. The number of methoxy groups -OCH3 is 1. The number of thiazole rings is 1. The van der Waals surface area contributed by atoms with Crippen molar-refractivity contribution in [2.75, 3.05) is 25.6 Å². The summed E-state index contributed by atoms with van der Waals surface area (Å²) in [7, 11) is 1.54. The average Bonchev–Trinajstić information content (AvgIpc) is 3.23. The Morgan fingerprint density at radius 2 is 1.93 bits per heavy atom. The van der Waals surface area contributed by atoms with Gasteiger partial charge < -0.3 is 19.5 Å². The highest BCUT2D eigenvalue weighted by Gasteiger charge is 2.21. The van der Waals surface area contributed by atoms with Crippen LogP contribution in [0.1, 0.15) is 10.4 Å². The number of ether oxygens (including phenoxy) is 3. The van der Waals surface area contributed by atoms with Gasteiger partial charge in [-0.05, 0) is 36.4 Å². The van der Waals surface area contributed by atoms with Crippen molar-refractivity contribution in [3.05, 3.63) is 66.2 Å². The number of hydrogen-bond donors (Lipinski definition) is 1. The highest BCUT2D eigenvalue weighted by molar-refractivity contribution is 7.21. The lowest BCUT2D eigenvalue weighted by Gasteiger charge is -2.21. The Morgan fingerprint density at radius 3 is 2.80 bits per heavy atom.